The molecule has 54 heavy (non-hydrogen) atoms. The zero-order chi connectivity index (χ0) is 37.8. The number of morpholine rings is 2. The molecule has 2 saturated heterocycles. The van der Waals surface area contributed by atoms with Gasteiger partial charge in [0.15, 0.2) is 0 Å². The molecule has 290 valence electrons. The molecule has 6 heterocycles. The number of hydrogen-bond acceptors (Lipinski definition) is 14. The number of anilines is 3. The average Bonchev–Trinajstić information content (AvgIpc) is 3.57. The fourth-order valence-electron chi connectivity index (χ4n) is 7.42. The number of imidazole rings is 1. The summed E-state index contributed by atoms with van der Waals surface area (Å²) in [7, 11) is -2.18. The maximum absolute atomic E-state index is 13.4. The lowest BCUT2D eigenvalue weighted by Crippen LogP contribution is -2.37. The SMILES string of the molecule is C=[N+]([O-])c1ncc(C(C)N(c2cnc3cc(N4CCOCC4)nc(O[C@H]4CC[C@@H](Nc5ncc(CCN6CCOCC6)cn5)CC4)c3c2)S(C)(=O)=O)n1C. The summed E-state index contributed by atoms with van der Waals surface area (Å²) in [4.78, 5) is 27.6. The van der Waals surface area contributed by atoms with E-state index in [1.54, 1.807) is 26.2 Å². The largest absolute Gasteiger partial charge is 0.741 e. The van der Waals surface area contributed by atoms with E-state index in [4.69, 9.17) is 24.2 Å². The molecular formula is C36H49N11O6S. The van der Waals surface area contributed by atoms with Gasteiger partial charge in [-0.2, -0.15) is 4.98 Å². The first-order valence-electron chi connectivity index (χ1n) is 18.5. The van der Waals surface area contributed by atoms with Gasteiger partial charge in [-0.05, 0) is 50.7 Å². The summed E-state index contributed by atoms with van der Waals surface area (Å²) in [5.41, 5.74) is 2.59. The number of hydrogen-bond donors (Lipinski definition) is 1. The second-order valence-corrected chi connectivity index (χ2v) is 16.0. The Labute approximate surface area is 315 Å². The molecule has 17 nitrogen and oxygen atoms in total. The van der Waals surface area contributed by atoms with Crippen LogP contribution in [0.5, 0.6) is 5.88 Å². The van der Waals surface area contributed by atoms with Crippen molar-refractivity contribution in [2.24, 2.45) is 7.05 Å². The lowest BCUT2D eigenvalue weighted by Gasteiger charge is -2.31. The summed E-state index contributed by atoms with van der Waals surface area (Å²) in [6.07, 6.45) is 12.1. The Morgan fingerprint density at radius 2 is 1.69 bits per heavy atom. The van der Waals surface area contributed by atoms with Crippen LogP contribution in [0.25, 0.3) is 10.9 Å². The third-order valence-corrected chi connectivity index (χ3v) is 11.6. The van der Waals surface area contributed by atoms with Gasteiger partial charge in [-0.1, -0.05) is 4.98 Å². The topological polar surface area (TPSA) is 179 Å². The highest BCUT2D eigenvalue weighted by molar-refractivity contribution is 7.92. The van der Waals surface area contributed by atoms with E-state index in [2.05, 4.69) is 36.8 Å². The molecule has 1 aliphatic carbocycles. The number of rotatable bonds is 13. The average molecular weight is 764 g/mol. The van der Waals surface area contributed by atoms with Crippen molar-refractivity contribution in [3.8, 4) is 5.88 Å². The quantitative estimate of drug-likeness (QED) is 0.0909. The van der Waals surface area contributed by atoms with Gasteiger partial charge in [0.2, 0.25) is 21.9 Å². The van der Waals surface area contributed by atoms with E-state index in [1.807, 2.05) is 18.5 Å². The van der Waals surface area contributed by atoms with Crippen LogP contribution in [0.3, 0.4) is 0 Å². The van der Waals surface area contributed by atoms with Crippen molar-refractivity contribution in [2.75, 3.05) is 79.9 Å². The van der Waals surface area contributed by atoms with E-state index in [1.165, 1.54) is 15.1 Å². The van der Waals surface area contributed by atoms with Crippen molar-refractivity contribution >= 4 is 51.0 Å². The van der Waals surface area contributed by atoms with E-state index in [0.29, 0.717) is 65.2 Å². The third-order valence-electron chi connectivity index (χ3n) is 10.4. The normalized spacial score (nSPS) is 20.5. The van der Waals surface area contributed by atoms with Gasteiger partial charge >= 0.3 is 5.95 Å². The number of nitrogens with zero attached hydrogens (tertiary/aromatic N) is 10. The van der Waals surface area contributed by atoms with Gasteiger partial charge in [0.1, 0.15) is 23.8 Å². The zero-order valence-electron chi connectivity index (χ0n) is 31.1. The van der Waals surface area contributed by atoms with Gasteiger partial charge in [0.25, 0.3) is 0 Å². The molecule has 1 unspecified atom stereocenters. The first-order chi connectivity index (χ1) is 26.0. The van der Waals surface area contributed by atoms with E-state index in [0.717, 1.165) is 82.6 Å². The molecule has 3 aliphatic rings. The van der Waals surface area contributed by atoms with E-state index in [9.17, 15) is 13.6 Å². The van der Waals surface area contributed by atoms with Gasteiger partial charge in [0, 0.05) is 63.9 Å². The lowest BCUT2D eigenvalue weighted by molar-refractivity contribution is -0.362. The zero-order valence-corrected chi connectivity index (χ0v) is 31.9. The van der Waals surface area contributed by atoms with Gasteiger partial charge < -0.3 is 29.6 Å². The number of sulfonamides is 1. The molecular weight excluding hydrogens is 715 g/mol. The number of nitrogens with one attached hydrogen (secondary N) is 1. The van der Waals surface area contributed by atoms with Crippen LogP contribution in [0, 0.1) is 5.21 Å². The Kier molecular flexibility index (Phi) is 11.4. The van der Waals surface area contributed by atoms with Crippen LogP contribution in [-0.2, 0) is 33.0 Å². The summed E-state index contributed by atoms with van der Waals surface area (Å²) < 4.78 is 47.6. The smallest absolute Gasteiger partial charge is 0.398 e. The molecule has 4 aromatic rings. The Balaban J connectivity index is 1.08. The van der Waals surface area contributed by atoms with Crippen LogP contribution in [-0.4, -0.2) is 132 Å². The van der Waals surface area contributed by atoms with Gasteiger partial charge in [-0.15, -0.1) is 0 Å². The second-order valence-electron chi connectivity index (χ2n) is 14.2. The maximum atomic E-state index is 13.4. The molecule has 3 fully saturated rings. The number of fused-ring (bicyclic) bond motifs is 1. The fraction of sp³-hybridized carbons (Fsp3) is 0.556. The molecule has 0 aromatic carbocycles. The fourth-order valence-corrected chi connectivity index (χ4v) is 8.59. The summed E-state index contributed by atoms with van der Waals surface area (Å²) >= 11 is 0. The molecule has 0 radical (unpaired) electrons. The van der Waals surface area contributed by atoms with Crippen molar-refractivity contribution < 1.29 is 27.4 Å². The monoisotopic (exact) mass is 763 g/mol. The minimum absolute atomic E-state index is 0.0583. The summed E-state index contributed by atoms with van der Waals surface area (Å²) in [6.45, 7) is 12.2. The second kappa shape index (κ2) is 16.4. The highest BCUT2D eigenvalue weighted by Gasteiger charge is 2.32. The molecule has 0 spiro atoms. The predicted molar refractivity (Wildman–Crippen MR) is 205 cm³/mol. The summed E-state index contributed by atoms with van der Waals surface area (Å²) in [6, 6.07) is 3.15. The van der Waals surface area contributed by atoms with Crippen molar-refractivity contribution in [3.63, 3.8) is 0 Å². The Morgan fingerprint density at radius 1 is 1.00 bits per heavy atom. The molecule has 18 heteroatoms. The van der Waals surface area contributed by atoms with Crippen molar-refractivity contribution in [3.05, 3.63) is 53.4 Å². The van der Waals surface area contributed by atoms with E-state index >= 15 is 0 Å². The van der Waals surface area contributed by atoms with Crippen LogP contribution >= 0.6 is 0 Å². The lowest BCUT2D eigenvalue weighted by atomic mass is 9.93. The molecule has 2 aliphatic heterocycles. The first kappa shape index (κ1) is 37.7. The van der Waals surface area contributed by atoms with E-state index < -0.39 is 16.1 Å². The van der Waals surface area contributed by atoms with Crippen molar-refractivity contribution in [1.82, 2.24) is 34.4 Å². The summed E-state index contributed by atoms with van der Waals surface area (Å²) in [5.74, 6) is 1.82. The standard InChI is InChI=1S/C36H49N11O6S/c1-25(32-24-40-36(43(32)2)44(3)48)47(54(4,49)50)28-19-30-31(37-23-28)20-33(46-13-17-52-18-14-46)42-34(30)53-29-7-5-27(6-8-29)41-35-38-21-26(22-39-35)9-10-45-11-15-51-16-12-45/h19-25,27,29H,3,5-18H2,1-2,4H3,(H,38,39,41)/t25?,27-,29+. The van der Waals surface area contributed by atoms with Crippen LogP contribution in [0.4, 0.5) is 23.4 Å². The Bertz CT molecular complexity index is 2030. The molecule has 1 saturated carbocycles. The molecule has 1 atom stereocenters. The highest BCUT2D eigenvalue weighted by Crippen LogP contribution is 2.37. The molecule has 4 aromatic heterocycles. The number of ether oxygens (including phenoxy) is 3. The highest BCUT2D eigenvalue weighted by atomic mass is 32.2. The molecule has 1 N–H and O–H groups in total. The van der Waals surface area contributed by atoms with Gasteiger partial charge in [-0.25, -0.2) is 23.0 Å². The van der Waals surface area contributed by atoms with Crippen LogP contribution < -0.4 is 19.3 Å². The molecule has 0 bridgehead atoms. The van der Waals surface area contributed by atoms with Gasteiger partial charge in [-0.3, -0.25) is 18.9 Å². The molecule has 7 rings (SSSR count). The Morgan fingerprint density at radius 3 is 2.33 bits per heavy atom. The van der Waals surface area contributed by atoms with E-state index in [-0.39, 0.29) is 18.1 Å². The molecule has 0 amide bonds. The van der Waals surface area contributed by atoms with Gasteiger partial charge in [0.05, 0.1) is 68.6 Å². The summed E-state index contributed by atoms with van der Waals surface area (Å²) in [5, 5.41) is 16.0. The van der Waals surface area contributed by atoms with Crippen LogP contribution in [0.2, 0.25) is 0 Å². The maximum Gasteiger partial charge on any atom is 0.398 e. The third kappa shape index (κ3) is 8.66. The number of pyridine rings is 2. The minimum atomic E-state index is -3.83. The number of aromatic nitrogens is 6. The first-order valence-corrected chi connectivity index (χ1v) is 20.3. The predicted octanol–water partition coefficient (Wildman–Crippen LogP) is 3.04. The van der Waals surface area contributed by atoms with Crippen molar-refractivity contribution in [2.45, 2.75) is 57.2 Å². The minimum Gasteiger partial charge on any atom is -0.741 e. The van der Waals surface area contributed by atoms with Crippen LogP contribution in [0.15, 0.2) is 36.9 Å². The Hall–Kier alpha value is -4.65. The van der Waals surface area contributed by atoms with Crippen LogP contribution in [0.1, 0.15) is 49.9 Å². The van der Waals surface area contributed by atoms with Crippen molar-refractivity contribution in [1.29, 1.82) is 0 Å².